The van der Waals surface area contributed by atoms with Gasteiger partial charge in [-0.05, 0) is 12.5 Å². The largest absolute Gasteiger partial charge is 0.385 e. The number of amides is 1. The molecule has 6 nitrogen and oxygen atoms in total. The van der Waals surface area contributed by atoms with Crippen molar-refractivity contribution in [2.75, 3.05) is 19.0 Å². The Kier molecular flexibility index (Phi) is 4.65. The average Bonchev–Trinajstić information content (AvgIpc) is 2.24. The van der Waals surface area contributed by atoms with Gasteiger partial charge in [0.15, 0.2) is 0 Å². The van der Waals surface area contributed by atoms with E-state index in [1.165, 1.54) is 4.57 Å². The molecule has 0 atom stereocenters. The van der Waals surface area contributed by atoms with Gasteiger partial charge >= 0.3 is 5.69 Å². The van der Waals surface area contributed by atoms with Crippen molar-refractivity contribution in [2.45, 2.75) is 12.8 Å². The topological polar surface area (TPSA) is 73.2 Å². The highest BCUT2D eigenvalue weighted by molar-refractivity contribution is 5.89. The van der Waals surface area contributed by atoms with Crippen LogP contribution in [-0.4, -0.2) is 29.2 Å². The van der Waals surface area contributed by atoms with Gasteiger partial charge < -0.3 is 14.6 Å². The van der Waals surface area contributed by atoms with Gasteiger partial charge in [0.1, 0.15) is 5.82 Å². The number of carbonyl (C=O) groups excluding carboxylic acids is 1. The van der Waals surface area contributed by atoms with Crippen molar-refractivity contribution < 1.29 is 9.53 Å². The van der Waals surface area contributed by atoms with Crippen LogP contribution >= 0.6 is 0 Å². The summed E-state index contributed by atoms with van der Waals surface area (Å²) in [5.74, 6) is 0.114. The third-order valence-electron chi connectivity index (χ3n) is 1.99. The second-order valence-electron chi connectivity index (χ2n) is 3.35. The van der Waals surface area contributed by atoms with Gasteiger partial charge in [-0.25, -0.2) is 4.79 Å². The van der Waals surface area contributed by atoms with Crippen LogP contribution < -0.4 is 11.0 Å². The number of nitrogens with zero attached hydrogens (tertiary/aromatic N) is 2. The van der Waals surface area contributed by atoms with E-state index >= 15 is 0 Å². The number of aryl methyl sites for hydroxylation is 1. The molecule has 1 N–H and O–H groups in total. The van der Waals surface area contributed by atoms with Crippen LogP contribution in [0.2, 0.25) is 0 Å². The molecule has 0 fully saturated rings. The molecule has 0 radical (unpaired) electrons. The zero-order chi connectivity index (χ0) is 12.0. The van der Waals surface area contributed by atoms with Crippen molar-refractivity contribution >= 4 is 11.7 Å². The molecule has 0 aliphatic heterocycles. The number of rotatable bonds is 5. The maximum Gasteiger partial charge on any atom is 0.349 e. The van der Waals surface area contributed by atoms with Gasteiger partial charge in [-0.15, -0.1) is 0 Å². The molecule has 0 aliphatic rings. The number of ether oxygens (including phenoxy) is 1. The first-order chi connectivity index (χ1) is 7.63. The maximum absolute atomic E-state index is 11.4. The monoisotopic (exact) mass is 225 g/mol. The van der Waals surface area contributed by atoms with Gasteiger partial charge in [0, 0.05) is 33.4 Å². The Morgan fingerprint density at radius 3 is 3.00 bits per heavy atom. The van der Waals surface area contributed by atoms with Crippen LogP contribution in [-0.2, 0) is 16.6 Å². The van der Waals surface area contributed by atoms with E-state index in [1.807, 2.05) is 0 Å². The minimum absolute atomic E-state index is 0.169. The molecular formula is C10H15N3O3. The quantitative estimate of drug-likeness (QED) is 0.724. The van der Waals surface area contributed by atoms with Gasteiger partial charge in [-0.2, -0.15) is 4.98 Å². The van der Waals surface area contributed by atoms with Crippen molar-refractivity contribution in [1.82, 2.24) is 9.55 Å². The number of methoxy groups -OCH3 is 1. The van der Waals surface area contributed by atoms with E-state index in [0.717, 1.165) is 0 Å². The zero-order valence-electron chi connectivity index (χ0n) is 9.40. The molecule has 1 amide bonds. The Labute approximate surface area is 93.3 Å². The first-order valence-electron chi connectivity index (χ1n) is 4.96. The van der Waals surface area contributed by atoms with Gasteiger partial charge in [0.25, 0.3) is 0 Å². The molecule has 1 aromatic rings. The Morgan fingerprint density at radius 1 is 1.62 bits per heavy atom. The van der Waals surface area contributed by atoms with Crippen molar-refractivity contribution in [1.29, 1.82) is 0 Å². The molecule has 0 saturated heterocycles. The van der Waals surface area contributed by atoms with Crippen molar-refractivity contribution in [3.63, 3.8) is 0 Å². The fourth-order valence-corrected chi connectivity index (χ4v) is 1.12. The molecular weight excluding hydrogens is 210 g/mol. The lowest BCUT2D eigenvalue weighted by atomic mass is 10.3. The zero-order valence-corrected chi connectivity index (χ0v) is 9.40. The highest BCUT2D eigenvalue weighted by atomic mass is 16.5. The summed E-state index contributed by atoms with van der Waals surface area (Å²) in [7, 11) is 3.18. The van der Waals surface area contributed by atoms with Crippen molar-refractivity contribution in [3.8, 4) is 0 Å². The molecule has 1 heterocycles. The van der Waals surface area contributed by atoms with Crippen LogP contribution in [0.25, 0.3) is 0 Å². The fourth-order valence-electron chi connectivity index (χ4n) is 1.12. The normalized spacial score (nSPS) is 10.1. The molecule has 0 aromatic carbocycles. The number of carbonyl (C=O) groups is 1. The second kappa shape index (κ2) is 6.02. The van der Waals surface area contributed by atoms with Gasteiger partial charge in [0.2, 0.25) is 5.91 Å². The number of aromatic nitrogens is 2. The summed E-state index contributed by atoms with van der Waals surface area (Å²) in [6, 6.07) is 1.58. The lowest BCUT2D eigenvalue weighted by molar-refractivity contribution is -0.116. The smallest absolute Gasteiger partial charge is 0.349 e. The number of nitrogens with one attached hydrogen (secondary N) is 1. The summed E-state index contributed by atoms with van der Waals surface area (Å²) in [5.41, 5.74) is -0.394. The Bertz CT molecular complexity index is 414. The first-order valence-corrected chi connectivity index (χ1v) is 4.96. The highest BCUT2D eigenvalue weighted by Crippen LogP contribution is 1.99. The Balaban J connectivity index is 2.50. The van der Waals surface area contributed by atoms with Crippen LogP contribution in [0, 0.1) is 0 Å². The van der Waals surface area contributed by atoms with E-state index in [0.29, 0.717) is 19.4 Å². The lowest BCUT2D eigenvalue weighted by Crippen LogP contribution is -2.22. The molecule has 0 saturated carbocycles. The average molecular weight is 225 g/mol. The maximum atomic E-state index is 11.4. The van der Waals surface area contributed by atoms with Crippen LogP contribution in [0.5, 0.6) is 0 Å². The number of anilines is 1. The van der Waals surface area contributed by atoms with Gasteiger partial charge in [-0.3, -0.25) is 4.79 Å². The molecule has 6 heteroatoms. The number of hydrogen-bond donors (Lipinski definition) is 1. The third kappa shape index (κ3) is 3.82. The molecule has 0 spiro atoms. The number of hydrogen-bond acceptors (Lipinski definition) is 4. The molecule has 0 aliphatic carbocycles. The van der Waals surface area contributed by atoms with E-state index in [4.69, 9.17) is 4.74 Å². The predicted molar refractivity (Wildman–Crippen MR) is 59.2 cm³/mol. The van der Waals surface area contributed by atoms with Crippen LogP contribution in [0.4, 0.5) is 5.82 Å². The molecule has 1 aromatic heterocycles. The predicted octanol–water partition coefficient (Wildman–Crippen LogP) is 0.145. The van der Waals surface area contributed by atoms with E-state index in [-0.39, 0.29) is 11.7 Å². The highest BCUT2D eigenvalue weighted by Gasteiger charge is 2.03. The fraction of sp³-hybridized carbons (Fsp3) is 0.500. The van der Waals surface area contributed by atoms with Gasteiger partial charge in [0.05, 0.1) is 0 Å². The first kappa shape index (κ1) is 12.4. The molecule has 0 bridgehead atoms. The minimum Gasteiger partial charge on any atom is -0.385 e. The Morgan fingerprint density at radius 2 is 2.38 bits per heavy atom. The second-order valence-corrected chi connectivity index (χ2v) is 3.35. The van der Waals surface area contributed by atoms with Gasteiger partial charge in [-0.1, -0.05) is 0 Å². The minimum atomic E-state index is -0.394. The standard InChI is InChI=1S/C10H15N3O3/c1-13-6-5-8(12-10(13)15)11-9(14)4-3-7-16-2/h5-6H,3-4,7H2,1-2H3,(H,11,12,14,15). The summed E-state index contributed by atoms with van der Waals surface area (Å²) in [6.07, 6.45) is 2.55. The van der Waals surface area contributed by atoms with Crippen molar-refractivity contribution in [2.24, 2.45) is 7.05 Å². The SMILES string of the molecule is COCCCC(=O)Nc1ccn(C)c(=O)n1. The lowest BCUT2D eigenvalue weighted by Gasteiger charge is -2.04. The Hall–Kier alpha value is -1.69. The van der Waals surface area contributed by atoms with Crippen molar-refractivity contribution in [3.05, 3.63) is 22.7 Å². The summed E-state index contributed by atoms with van der Waals surface area (Å²) in [4.78, 5) is 26.2. The third-order valence-corrected chi connectivity index (χ3v) is 1.99. The molecule has 88 valence electrons. The summed E-state index contributed by atoms with van der Waals surface area (Å²) in [5, 5.41) is 2.55. The summed E-state index contributed by atoms with van der Waals surface area (Å²) >= 11 is 0. The molecule has 0 unspecified atom stereocenters. The van der Waals surface area contributed by atoms with Crippen LogP contribution in [0.15, 0.2) is 17.1 Å². The van der Waals surface area contributed by atoms with Crippen LogP contribution in [0.3, 0.4) is 0 Å². The van der Waals surface area contributed by atoms with E-state index in [2.05, 4.69) is 10.3 Å². The summed E-state index contributed by atoms with van der Waals surface area (Å²) in [6.45, 7) is 0.539. The van der Waals surface area contributed by atoms with E-state index in [9.17, 15) is 9.59 Å². The van der Waals surface area contributed by atoms with E-state index < -0.39 is 5.69 Å². The molecule has 16 heavy (non-hydrogen) atoms. The van der Waals surface area contributed by atoms with Crippen LogP contribution in [0.1, 0.15) is 12.8 Å². The van der Waals surface area contributed by atoms with E-state index in [1.54, 1.807) is 26.4 Å². The molecule has 1 rings (SSSR count). The summed E-state index contributed by atoms with van der Waals surface area (Å²) < 4.78 is 6.16.